The summed E-state index contributed by atoms with van der Waals surface area (Å²) in [6.07, 6.45) is 2.03. The highest BCUT2D eigenvalue weighted by Crippen LogP contribution is 2.50. The average molecular weight is 550 g/mol. The van der Waals surface area contributed by atoms with Crippen LogP contribution in [0.25, 0.3) is 0 Å². The van der Waals surface area contributed by atoms with Crippen molar-refractivity contribution in [3.05, 3.63) is 42.0 Å². The molecule has 2 aliphatic heterocycles. The molecular weight excluding hydrogens is 506 g/mol. The number of benzene rings is 1. The lowest BCUT2D eigenvalue weighted by molar-refractivity contribution is -0.117. The molecule has 40 heavy (non-hydrogen) atoms. The van der Waals surface area contributed by atoms with E-state index >= 15 is 0 Å². The second-order valence-corrected chi connectivity index (χ2v) is 12.5. The van der Waals surface area contributed by atoms with Crippen molar-refractivity contribution >= 4 is 29.2 Å². The maximum atomic E-state index is 13.0. The number of hydrogen-bond acceptors (Lipinski definition) is 7. The van der Waals surface area contributed by atoms with Crippen molar-refractivity contribution in [2.24, 2.45) is 11.8 Å². The molecule has 2 amide bonds. The van der Waals surface area contributed by atoms with Gasteiger partial charge in [0.2, 0.25) is 11.8 Å². The van der Waals surface area contributed by atoms with Gasteiger partial charge in [-0.3, -0.25) is 4.79 Å². The minimum atomic E-state index is -0.524. The Morgan fingerprint density at radius 1 is 1.07 bits per heavy atom. The topological polar surface area (TPSA) is 87.2 Å². The lowest BCUT2D eigenvalue weighted by Crippen LogP contribution is -2.55. The molecule has 1 aromatic heterocycles. The molecule has 2 aromatic rings. The molecule has 0 radical (unpaired) electrons. The number of rotatable bonds is 5. The maximum absolute atomic E-state index is 13.0. The zero-order chi connectivity index (χ0) is 28.8. The molecule has 1 N–H and O–H groups in total. The minimum Gasteiger partial charge on any atom is -0.481 e. The number of nitrogens with zero attached hydrogens (tertiary/aromatic N) is 4. The number of ether oxygens (including phenoxy) is 2. The van der Waals surface area contributed by atoms with Gasteiger partial charge < -0.3 is 29.5 Å². The number of piperazine rings is 1. The van der Waals surface area contributed by atoms with Crippen LogP contribution in [0.15, 0.2) is 36.4 Å². The average Bonchev–Trinajstić information content (AvgIpc) is 3.73. The zero-order valence-corrected chi connectivity index (χ0v) is 24.8. The molecule has 2 fully saturated rings. The summed E-state index contributed by atoms with van der Waals surface area (Å²) in [5.74, 6) is 2.07. The molecule has 1 saturated carbocycles. The second kappa shape index (κ2) is 10.8. The molecule has 5 rings (SSSR count). The Morgan fingerprint density at radius 2 is 1.82 bits per heavy atom. The van der Waals surface area contributed by atoms with Crippen molar-refractivity contribution in [1.82, 2.24) is 9.88 Å². The van der Waals surface area contributed by atoms with E-state index < -0.39 is 5.60 Å². The lowest BCUT2D eigenvalue weighted by Gasteiger charge is -2.46. The van der Waals surface area contributed by atoms with Crippen LogP contribution < -0.4 is 19.9 Å². The highest BCUT2D eigenvalue weighted by molar-refractivity contribution is 5.94. The third-order valence-electron chi connectivity index (χ3n) is 8.27. The number of pyridine rings is 1. The third kappa shape index (κ3) is 5.69. The van der Waals surface area contributed by atoms with Gasteiger partial charge in [0.1, 0.15) is 11.4 Å². The fraction of sp³-hybridized carbons (Fsp3) is 0.581. The Kier molecular flexibility index (Phi) is 7.59. The number of aromatic nitrogens is 1. The Balaban J connectivity index is 1.46. The molecule has 1 aromatic carbocycles. The van der Waals surface area contributed by atoms with E-state index in [1.807, 2.05) is 48.8 Å². The number of nitrogens with one attached hydrogen (secondary N) is 1. The molecule has 4 atom stereocenters. The standard InChI is InChI=1S/C31H43N5O4/c1-19-18-34(15-16-35(19)30(38)40-31(4,5)6)23-13-14-25-24(17-23)28(33-26-9-8-10-27(32-26)39-7)20(2)29(22-11-12-22)36(25)21(3)37/h8-10,13-14,17,19-20,22,28-29H,11-12,15-16,18H2,1-7H3,(H,32,33)/t19-,20+,28+,29+/m0/s1. The van der Waals surface area contributed by atoms with Crippen LogP contribution in [0.5, 0.6) is 5.88 Å². The van der Waals surface area contributed by atoms with Crippen molar-refractivity contribution in [1.29, 1.82) is 0 Å². The van der Waals surface area contributed by atoms with Gasteiger partial charge >= 0.3 is 6.09 Å². The predicted octanol–water partition coefficient (Wildman–Crippen LogP) is 5.47. The fourth-order valence-electron chi connectivity index (χ4n) is 6.30. The van der Waals surface area contributed by atoms with E-state index in [0.717, 1.165) is 35.6 Å². The Morgan fingerprint density at radius 3 is 2.45 bits per heavy atom. The van der Waals surface area contributed by atoms with Crippen LogP contribution in [0.1, 0.15) is 66.0 Å². The third-order valence-corrected chi connectivity index (χ3v) is 8.27. The number of carbonyl (C=O) groups excluding carboxylic acids is 2. The predicted molar refractivity (Wildman–Crippen MR) is 157 cm³/mol. The zero-order valence-electron chi connectivity index (χ0n) is 24.8. The van der Waals surface area contributed by atoms with Gasteiger partial charge in [0.25, 0.3) is 0 Å². The molecule has 0 unspecified atom stereocenters. The fourth-order valence-corrected chi connectivity index (χ4v) is 6.30. The van der Waals surface area contributed by atoms with E-state index in [4.69, 9.17) is 9.47 Å². The highest BCUT2D eigenvalue weighted by Gasteiger charge is 2.48. The van der Waals surface area contributed by atoms with E-state index in [0.29, 0.717) is 31.4 Å². The van der Waals surface area contributed by atoms with Crippen molar-refractivity contribution in [2.75, 3.05) is 41.9 Å². The maximum Gasteiger partial charge on any atom is 0.410 e. The number of hydrogen-bond donors (Lipinski definition) is 1. The summed E-state index contributed by atoms with van der Waals surface area (Å²) in [6.45, 7) is 13.6. The summed E-state index contributed by atoms with van der Waals surface area (Å²) in [4.78, 5) is 36.6. The van der Waals surface area contributed by atoms with E-state index in [-0.39, 0.29) is 36.0 Å². The number of methoxy groups -OCH3 is 1. The molecule has 0 bridgehead atoms. The molecule has 0 spiro atoms. The van der Waals surface area contributed by atoms with Crippen LogP contribution in [0.2, 0.25) is 0 Å². The second-order valence-electron chi connectivity index (χ2n) is 12.5. The monoisotopic (exact) mass is 549 g/mol. The first-order chi connectivity index (χ1) is 19.0. The molecule has 1 saturated heterocycles. The Hall–Kier alpha value is -3.49. The van der Waals surface area contributed by atoms with Gasteiger partial charge in [0.05, 0.1) is 13.2 Å². The largest absolute Gasteiger partial charge is 0.481 e. The van der Waals surface area contributed by atoms with Gasteiger partial charge in [0, 0.05) is 67.6 Å². The van der Waals surface area contributed by atoms with E-state index in [1.54, 1.807) is 14.0 Å². The number of anilines is 3. The number of fused-ring (bicyclic) bond motifs is 1. The van der Waals surface area contributed by atoms with Gasteiger partial charge in [-0.1, -0.05) is 13.0 Å². The van der Waals surface area contributed by atoms with Gasteiger partial charge in [0.15, 0.2) is 0 Å². The van der Waals surface area contributed by atoms with Crippen LogP contribution in [-0.4, -0.2) is 66.3 Å². The summed E-state index contributed by atoms with van der Waals surface area (Å²) >= 11 is 0. The Bertz CT molecular complexity index is 1260. The van der Waals surface area contributed by atoms with Gasteiger partial charge in [-0.05, 0) is 70.7 Å². The SMILES string of the molecule is COc1cccc(N[C@H]2c3cc(N4CCN(C(=O)OC(C)(C)C)[C@@H](C)C4)ccc3N(C(C)=O)[C@@H](C3CC3)[C@@H]2C)n1. The van der Waals surface area contributed by atoms with Crippen molar-refractivity contribution in [2.45, 2.75) is 78.1 Å². The van der Waals surface area contributed by atoms with Crippen LogP contribution in [-0.2, 0) is 9.53 Å². The van der Waals surface area contributed by atoms with Crippen LogP contribution in [0.4, 0.5) is 22.0 Å². The highest BCUT2D eigenvalue weighted by atomic mass is 16.6. The van der Waals surface area contributed by atoms with Gasteiger partial charge in [-0.25, -0.2) is 4.79 Å². The first-order valence-electron chi connectivity index (χ1n) is 14.4. The van der Waals surface area contributed by atoms with E-state index in [1.165, 1.54) is 0 Å². The summed E-state index contributed by atoms with van der Waals surface area (Å²) in [5.41, 5.74) is 2.61. The normalized spacial score (nSPS) is 24.8. The first-order valence-corrected chi connectivity index (χ1v) is 14.4. The molecule has 9 nitrogen and oxygen atoms in total. The molecular formula is C31H43N5O4. The molecule has 3 heterocycles. The molecule has 3 aliphatic rings. The number of carbonyl (C=O) groups is 2. The lowest BCUT2D eigenvalue weighted by atomic mass is 9.79. The summed E-state index contributed by atoms with van der Waals surface area (Å²) < 4.78 is 11.0. The van der Waals surface area contributed by atoms with Crippen molar-refractivity contribution in [3.63, 3.8) is 0 Å². The smallest absolute Gasteiger partial charge is 0.410 e. The summed E-state index contributed by atoms with van der Waals surface area (Å²) in [7, 11) is 1.62. The van der Waals surface area contributed by atoms with Crippen LogP contribution in [0, 0.1) is 11.8 Å². The summed E-state index contributed by atoms with van der Waals surface area (Å²) in [6, 6.07) is 12.3. The number of amides is 2. The van der Waals surface area contributed by atoms with Gasteiger partial charge in [-0.15, -0.1) is 0 Å². The van der Waals surface area contributed by atoms with Crippen molar-refractivity contribution in [3.8, 4) is 5.88 Å². The quantitative estimate of drug-likeness (QED) is 0.529. The molecule has 216 valence electrons. The first kappa shape index (κ1) is 28.1. The van der Waals surface area contributed by atoms with E-state index in [9.17, 15) is 9.59 Å². The minimum absolute atomic E-state index is 0.00132. The summed E-state index contributed by atoms with van der Waals surface area (Å²) in [5, 5.41) is 3.70. The van der Waals surface area contributed by atoms with Crippen LogP contribution >= 0.6 is 0 Å². The molecule has 9 heteroatoms. The van der Waals surface area contributed by atoms with Crippen LogP contribution in [0.3, 0.4) is 0 Å². The van der Waals surface area contributed by atoms with Crippen molar-refractivity contribution < 1.29 is 19.1 Å². The van der Waals surface area contributed by atoms with E-state index in [2.05, 4.69) is 47.2 Å². The molecule has 1 aliphatic carbocycles. The van der Waals surface area contributed by atoms with Gasteiger partial charge in [-0.2, -0.15) is 4.98 Å². The Labute approximate surface area is 237 Å².